The van der Waals surface area contributed by atoms with E-state index in [0.29, 0.717) is 25.4 Å². The Bertz CT molecular complexity index is 759. The van der Waals surface area contributed by atoms with E-state index in [9.17, 15) is 4.79 Å². The third-order valence-electron chi connectivity index (χ3n) is 4.63. The summed E-state index contributed by atoms with van der Waals surface area (Å²) in [6.45, 7) is 1.83. The van der Waals surface area contributed by atoms with Crippen molar-refractivity contribution in [3.8, 4) is 11.5 Å². The Morgan fingerprint density at radius 2 is 2.08 bits per heavy atom. The maximum absolute atomic E-state index is 12.4. The third-order valence-corrected chi connectivity index (χ3v) is 4.63. The minimum absolute atomic E-state index is 0.0642. The molecular formula is C18H22N4O3. The number of rotatable bonds is 4. The van der Waals surface area contributed by atoms with E-state index in [4.69, 9.17) is 9.47 Å². The van der Waals surface area contributed by atoms with Crippen molar-refractivity contribution >= 4 is 5.91 Å². The molecule has 0 saturated carbocycles. The lowest BCUT2D eigenvalue weighted by Crippen LogP contribution is -2.35. The molecule has 0 aliphatic carbocycles. The molecule has 7 heteroatoms. The summed E-state index contributed by atoms with van der Waals surface area (Å²) in [7, 11) is 0. The first-order valence-corrected chi connectivity index (χ1v) is 8.90. The minimum Gasteiger partial charge on any atom is -0.486 e. The number of fused-ring (bicyclic) bond motifs is 2. The van der Waals surface area contributed by atoms with E-state index in [-0.39, 0.29) is 12.0 Å². The zero-order chi connectivity index (χ0) is 17.1. The van der Waals surface area contributed by atoms with Crippen LogP contribution in [0.2, 0.25) is 0 Å². The molecule has 1 amide bonds. The second-order valence-corrected chi connectivity index (χ2v) is 6.44. The summed E-state index contributed by atoms with van der Waals surface area (Å²) in [5, 5.41) is 11.2. The second kappa shape index (κ2) is 7.13. The summed E-state index contributed by atoms with van der Waals surface area (Å²) in [6.07, 6.45) is 4.86. The van der Waals surface area contributed by atoms with Gasteiger partial charge in [0.15, 0.2) is 11.5 Å². The summed E-state index contributed by atoms with van der Waals surface area (Å²) in [6, 6.07) is 7.63. The van der Waals surface area contributed by atoms with Gasteiger partial charge in [-0.2, -0.15) is 0 Å². The smallest absolute Gasteiger partial charge is 0.289 e. The highest BCUT2D eigenvalue weighted by Gasteiger charge is 2.22. The number of para-hydroxylation sites is 2. The monoisotopic (exact) mass is 342 g/mol. The molecule has 25 heavy (non-hydrogen) atoms. The van der Waals surface area contributed by atoms with Crippen LogP contribution in [0.4, 0.5) is 0 Å². The molecule has 7 nitrogen and oxygen atoms in total. The van der Waals surface area contributed by atoms with Crippen molar-refractivity contribution in [2.24, 2.45) is 0 Å². The standard InChI is InChI=1S/C18H22N4O3/c23-18(17-21-20-16-8-2-1-5-11-22(16)17)19-10-9-13-12-24-14-6-3-4-7-15(14)25-13/h3-4,6-7,13H,1-2,5,8-12H2,(H,19,23)/t13-/m0/s1. The van der Waals surface area contributed by atoms with Crippen LogP contribution in [0.1, 0.15) is 42.1 Å². The molecule has 0 bridgehead atoms. The molecule has 0 spiro atoms. The Balaban J connectivity index is 1.31. The molecule has 0 radical (unpaired) electrons. The maximum atomic E-state index is 12.4. The molecule has 0 unspecified atom stereocenters. The number of benzene rings is 1. The number of nitrogens with zero attached hydrogens (tertiary/aromatic N) is 3. The van der Waals surface area contributed by atoms with Crippen LogP contribution in [0.25, 0.3) is 0 Å². The van der Waals surface area contributed by atoms with Crippen molar-refractivity contribution in [3.05, 3.63) is 35.9 Å². The Labute approximate surface area is 146 Å². The lowest BCUT2D eigenvalue weighted by atomic mass is 10.2. The van der Waals surface area contributed by atoms with Crippen LogP contribution in [0, 0.1) is 0 Å². The molecule has 1 aromatic carbocycles. The van der Waals surface area contributed by atoms with Gasteiger partial charge in [0.25, 0.3) is 5.91 Å². The fourth-order valence-electron chi connectivity index (χ4n) is 3.28. The molecule has 1 aromatic heterocycles. The van der Waals surface area contributed by atoms with Gasteiger partial charge in [-0.3, -0.25) is 4.79 Å². The topological polar surface area (TPSA) is 78.3 Å². The number of ether oxygens (including phenoxy) is 2. The van der Waals surface area contributed by atoms with Gasteiger partial charge in [-0.1, -0.05) is 18.6 Å². The van der Waals surface area contributed by atoms with Gasteiger partial charge in [0.1, 0.15) is 18.5 Å². The zero-order valence-corrected chi connectivity index (χ0v) is 14.1. The third kappa shape index (κ3) is 3.45. The Morgan fingerprint density at radius 1 is 1.20 bits per heavy atom. The molecule has 0 fully saturated rings. The number of carbonyl (C=O) groups is 1. The van der Waals surface area contributed by atoms with Crippen LogP contribution in [-0.4, -0.2) is 39.9 Å². The summed E-state index contributed by atoms with van der Waals surface area (Å²) in [5.74, 6) is 2.70. The molecule has 2 aliphatic heterocycles. The second-order valence-electron chi connectivity index (χ2n) is 6.44. The molecule has 3 heterocycles. The van der Waals surface area contributed by atoms with E-state index in [2.05, 4.69) is 15.5 Å². The first-order valence-electron chi connectivity index (χ1n) is 8.90. The van der Waals surface area contributed by atoms with Crippen LogP contribution in [-0.2, 0) is 13.0 Å². The quantitative estimate of drug-likeness (QED) is 0.919. The van der Waals surface area contributed by atoms with E-state index in [0.717, 1.165) is 43.1 Å². The number of nitrogens with one attached hydrogen (secondary N) is 1. The number of hydrogen-bond acceptors (Lipinski definition) is 5. The van der Waals surface area contributed by atoms with E-state index in [1.165, 1.54) is 6.42 Å². The van der Waals surface area contributed by atoms with Gasteiger partial charge in [-0.15, -0.1) is 10.2 Å². The van der Waals surface area contributed by atoms with Crippen molar-refractivity contribution in [2.45, 2.75) is 44.8 Å². The number of aromatic nitrogens is 3. The molecule has 2 aliphatic rings. The fraction of sp³-hybridized carbons (Fsp3) is 0.500. The van der Waals surface area contributed by atoms with Gasteiger partial charge < -0.3 is 19.4 Å². The van der Waals surface area contributed by atoms with E-state index in [1.807, 2.05) is 28.8 Å². The molecule has 1 atom stereocenters. The highest BCUT2D eigenvalue weighted by molar-refractivity contribution is 5.90. The molecular weight excluding hydrogens is 320 g/mol. The first-order chi connectivity index (χ1) is 12.3. The summed E-state index contributed by atoms with van der Waals surface area (Å²) >= 11 is 0. The largest absolute Gasteiger partial charge is 0.486 e. The van der Waals surface area contributed by atoms with Crippen molar-refractivity contribution in [1.29, 1.82) is 0 Å². The summed E-state index contributed by atoms with van der Waals surface area (Å²) in [5.41, 5.74) is 0. The molecule has 1 N–H and O–H groups in total. The average molecular weight is 342 g/mol. The minimum atomic E-state index is -0.169. The van der Waals surface area contributed by atoms with Gasteiger partial charge >= 0.3 is 0 Å². The normalized spacial score (nSPS) is 19.0. The fourth-order valence-corrected chi connectivity index (χ4v) is 3.28. The van der Waals surface area contributed by atoms with Crippen molar-refractivity contribution in [3.63, 3.8) is 0 Å². The van der Waals surface area contributed by atoms with Crippen molar-refractivity contribution < 1.29 is 14.3 Å². The van der Waals surface area contributed by atoms with Gasteiger partial charge in [-0.05, 0) is 25.0 Å². The van der Waals surface area contributed by atoms with E-state index >= 15 is 0 Å². The van der Waals surface area contributed by atoms with Crippen LogP contribution >= 0.6 is 0 Å². The number of carbonyl (C=O) groups excluding carboxylic acids is 1. The summed E-state index contributed by atoms with van der Waals surface area (Å²) < 4.78 is 13.5. The van der Waals surface area contributed by atoms with Crippen LogP contribution < -0.4 is 14.8 Å². The molecule has 4 rings (SSSR count). The summed E-state index contributed by atoms with van der Waals surface area (Å²) in [4.78, 5) is 12.4. The SMILES string of the molecule is O=C(NCC[C@H]1COc2ccccc2O1)c1nnc2n1CCCCC2. The zero-order valence-electron chi connectivity index (χ0n) is 14.1. The van der Waals surface area contributed by atoms with Crippen molar-refractivity contribution in [2.75, 3.05) is 13.2 Å². The molecule has 2 aromatic rings. The predicted octanol–water partition coefficient (Wildman–Crippen LogP) is 1.96. The van der Waals surface area contributed by atoms with Gasteiger partial charge in [0, 0.05) is 25.9 Å². The first kappa shape index (κ1) is 15.9. The highest BCUT2D eigenvalue weighted by atomic mass is 16.6. The van der Waals surface area contributed by atoms with Crippen LogP contribution in [0.15, 0.2) is 24.3 Å². The van der Waals surface area contributed by atoms with Crippen LogP contribution in [0.3, 0.4) is 0 Å². The number of aryl methyl sites for hydroxylation is 1. The molecule has 132 valence electrons. The van der Waals surface area contributed by atoms with E-state index < -0.39 is 0 Å². The van der Waals surface area contributed by atoms with Gasteiger partial charge in [0.2, 0.25) is 5.82 Å². The predicted molar refractivity (Wildman–Crippen MR) is 90.9 cm³/mol. The Hall–Kier alpha value is -2.57. The van der Waals surface area contributed by atoms with Gasteiger partial charge in [0.05, 0.1) is 0 Å². The lowest BCUT2D eigenvalue weighted by Gasteiger charge is -2.26. The Kier molecular flexibility index (Phi) is 4.54. The highest BCUT2D eigenvalue weighted by Crippen LogP contribution is 2.31. The molecule has 0 saturated heterocycles. The number of hydrogen-bond donors (Lipinski definition) is 1. The van der Waals surface area contributed by atoms with E-state index in [1.54, 1.807) is 0 Å². The Morgan fingerprint density at radius 3 is 3.00 bits per heavy atom. The lowest BCUT2D eigenvalue weighted by molar-refractivity contribution is 0.0808. The maximum Gasteiger partial charge on any atom is 0.289 e. The van der Waals surface area contributed by atoms with Crippen LogP contribution in [0.5, 0.6) is 11.5 Å². The van der Waals surface area contributed by atoms with Crippen molar-refractivity contribution in [1.82, 2.24) is 20.1 Å². The van der Waals surface area contributed by atoms with Gasteiger partial charge in [-0.25, -0.2) is 0 Å². The number of amides is 1. The average Bonchev–Trinajstić information content (AvgIpc) is 2.90.